The van der Waals surface area contributed by atoms with Crippen LogP contribution in [0.25, 0.3) is 0 Å². The van der Waals surface area contributed by atoms with Gasteiger partial charge in [-0.2, -0.15) is 4.37 Å². The molecule has 0 bridgehead atoms. The predicted molar refractivity (Wildman–Crippen MR) is 75.0 cm³/mol. The van der Waals surface area contributed by atoms with Gasteiger partial charge >= 0.3 is 0 Å². The second-order valence-electron chi connectivity index (χ2n) is 3.52. The van der Waals surface area contributed by atoms with E-state index in [0.717, 1.165) is 15.7 Å². The Morgan fingerprint density at radius 2 is 2.42 bits per heavy atom. The van der Waals surface area contributed by atoms with Crippen LogP contribution in [0.4, 0.5) is 0 Å². The van der Waals surface area contributed by atoms with Crippen LogP contribution in [0.5, 0.6) is 5.75 Å². The molecule has 0 saturated heterocycles. The molecule has 0 aliphatic rings. The number of rotatable bonds is 5. The maximum absolute atomic E-state index is 8.76. The lowest BCUT2D eigenvalue weighted by atomic mass is 10.1. The smallest absolute Gasteiger partial charge is 0.173 e. The van der Waals surface area contributed by atoms with Gasteiger partial charge < -0.3 is 15.7 Å². The number of oxime groups is 1. The third-order valence-electron chi connectivity index (χ3n) is 2.35. The number of amidine groups is 1. The van der Waals surface area contributed by atoms with Crippen LogP contribution in [0.1, 0.15) is 11.1 Å². The van der Waals surface area contributed by atoms with Crippen molar-refractivity contribution in [3.8, 4) is 5.75 Å². The van der Waals surface area contributed by atoms with Crippen LogP contribution in [-0.4, -0.2) is 27.5 Å². The first-order valence-corrected chi connectivity index (χ1v) is 7.04. The van der Waals surface area contributed by atoms with Gasteiger partial charge in [0.1, 0.15) is 12.1 Å². The molecule has 0 aliphatic heterocycles. The zero-order valence-corrected chi connectivity index (χ0v) is 11.7. The van der Waals surface area contributed by atoms with E-state index in [1.807, 2.05) is 12.1 Å². The summed E-state index contributed by atoms with van der Waals surface area (Å²) in [4.78, 5) is 4.10. The summed E-state index contributed by atoms with van der Waals surface area (Å²) in [5.74, 6) is 1.32. The topological polar surface area (TPSA) is 93.6 Å². The summed E-state index contributed by atoms with van der Waals surface area (Å²) in [5, 5.41) is 11.8. The summed E-state index contributed by atoms with van der Waals surface area (Å²) in [7, 11) is 1.54. The van der Waals surface area contributed by atoms with Crippen LogP contribution in [-0.2, 0) is 5.75 Å². The minimum Gasteiger partial charge on any atom is -0.496 e. The first-order valence-electron chi connectivity index (χ1n) is 5.29. The summed E-state index contributed by atoms with van der Waals surface area (Å²) in [5.41, 5.74) is 7.22. The molecule has 1 aromatic heterocycles. The van der Waals surface area contributed by atoms with E-state index in [1.54, 1.807) is 24.9 Å². The van der Waals surface area contributed by atoms with E-state index in [-0.39, 0.29) is 5.84 Å². The van der Waals surface area contributed by atoms with E-state index in [0.29, 0.717) is 11.3 Å². The summed E-state index contributed by atoms with van der Waals surface area (Å²) in [6, 6.07) is 5.56. The Bertz CT molecular complexity index is 572. The second kappa shape index (κ2) is 6.39. The largest absolute Gasteiger partial charge is 0.496 e. The van der Waals surface area contributed by atoms with Crippen molar-refractivity contribution in [3.05, 3.63) is 35.7 Å². The van der Waals surface area contributed by atoms with Crippen molar-refractivity contribution in [2.24, 2.45) is 10.9 Å². The number of thioether (sulfide) groups is 1. The number of ether oxygens (including phenoxy) is 1. The Kier molecular flexibility index (Phi) is 4.58. The predicted octanol–water partition coefficient (Wildman–Crippen LogP) is 1.93. The van der Waals surface area contributed by atoms with Crippen molar-refractivity contribution in [1.82, 2.24) is 9.36 Å². The Labute approximate surface area is 118 Å². The molecule has 0 aliphatic carbocycles. The third-order valence-corrected chi connectivity index (χ3v) is 4.22. The molecule has 2 aromatic rings. The molecular formula is C11H12N4O2S2. The number of hydrogen-bond acceptors (Lipinski definition) is 7. The van der Waals surface area contributed by atoms with E-state index >= 15 is 0 Å². The van der Waals surface area contributed by atoms with Gasteiger partial charge in [0.05, 0.1) is 12.7 Å². The maximum Gasteiger partial charge on any atom is 0.173 e. The average molecular weight is 296 g/mol. The van der Waals surface area contributed by atoms with Crippen molar-refractivity contribution in [3.63, 3.8) is 0 Å². The highest BCUT2D eigenvalue weighted by Crippen LogP contribution is 2.26. The van der Waals surface area contributed by atoms with Gasteiger partial charge in [0.2, 0.25) is 0 Å². The van der Waals surface area contributed by atoms with Gasteiger partial charge in [0.25, 0.3) is 0 Å². The van der Waals surface area contributed by atoms with Crippen LogP contribution in [0.3, 0.4) is 0 Å². The molecule has 2 rings (SSSR count). The summed E-state index contributed by atoms with van der Waals surface area (Å²) < 4.78 is 10.0. The average Bonchev–Trinajstić information content (AvgIpc) is 2.97. The van der Waals surface area contributed by atoms with Crippen LogP contribution >= 0.6 is 23.3 Å². The number of aromatic nitrogens is 2. The van der Waals surface area contributed by atoms with Crippen LogP contribution in [0, 0.1) is 0 Å². The number of hydrogen-bond donors (Lipinski definition) is 2. The van der Waals surface area contributed by atoms with Crippen LogP contribution in [0.2, 0.25) is 0 Å². The Balaban J connectivity index is 2.18. The van der Waals surface area contributed by atoms with E-state index in [2.05, 4.69) is 14.5 Å². The molecule has 100 valence electrons. The van der Waals surface area contributed by atoms with Gasteiger partial charge in [0.15, 0.2) is 10.2 Å². The molecule has 0 amide bonds. The quantitative estimate of drug-likeness (QED) is 0.288. The molecule has 0 unspecified atom stereocenters. The minimum absolute atomic E-state index is 0.0274. The van der Waals surface area contributed by atoms with Crippen molar-refractivity contribution in [1.29, 1.82) is 0 Å². The van der Waals surface area contributed by atoms with Crippen LogP contribution < -0.4 is 10.5 Å². The van der Waals surface area contributed by atoms with Gasteiger partial charge in [-0.15, -0.1) is 0 Å². The van der Waals surface area contributed by atoms with Gasteiger partial charge in [-0.1, -0.05) is 23.0 Å². The maximum atomic E-state index is 8.76. The molecule has 8 heteroatoms. The highest BCUT2D eigenvalue weighted by atomic mass is 32.2. The van der Waals surface area contributed by atoms with Gasteiger partial charge in [-0.3, -0.25) is 0 Å². The molecule has 0 radical (unpaired) electrons. The fourth-order valence-electron chi connectivity index (χ4n) is 1.47. The van der Waals surface area contributed by atoms with Gasteiger partial charge in [-0.25, -0.2) is 4.98 Å². The Morgan fingerprint density at radius 1 is 1.58 bits per heavy atom. The minimum atomic E-state index is 0.0274. The molecule has 1 heterocycles. The number of methoxy groups -OCH3 is 1. The lowest BCUT2D eigenvalue weighted by Crippen LogP contribution is -2.14. The monoisotopic (exact) mass is 296 g/mol. The zero-order valence-electron chi connectivity index (χ0n) is 10.1. The molecule has 0 fully saturated rings. The summed E-state index contributed by atoms with van der Waals surface area (Å²) in [6.45, 7) is 0. The van der Waals surface area contributed by atoms with E-state index < -0.39 is 0 Å². The molecule has 0 spiro atoms. The van der Waals surface area contributed by atoms with Gasteiger partial charge in [0, 0.05) is 5.75 Å². The number of benzene rings is 1. The highest BCUT2D eigenvalue weighted by Gasteiger charge is 2.09. The molecule has 3 N–H and O–H groups in total. The first kappa shape index (κ1) is 13.6. The molecule has 0 atom stereocenters. The van der Waals surface area contributed by atoms with Crippen molar-refractivity contribution in [2.45, 2.75) is 10.1 Å². The third kappa shape index (κ3) is 3.36. The molecule has 19 heavy (non-hydrogen) atoms. The first-order chi connectivity index (χ1) is 9.24. The zero-order chi connectivity index (χ0) is 13.7. The fourth-order valence-corrected chi connectivity index (χ4v) is 2.86. The lowest BCUT2D eigenvalue weighted by molar-refractivity contribution is 0.318. The molecule has 0 saturated carbocycles. The standard InChI is InChI=1S/C11H12N4O2S2/c1-17-9-3-2-7(4-8(9)10(12)15-16)5-18-11-13-6-14-19-11/h2-4,6,16H,5H2,1H3,(H2,12,15). The van der Waals surface area contributed by atoms with Gasteiger partial charge in [-0.05, 0) is 29.2 Å². The summed E-state index contributed by atoms with van der Waals surface area (Å²) in [6.07, 6.45) is 1.53. The normalized spacial score (nSPS) is 11.5. The van der Waals surface area contributed by atoms with Crippen molar-refractivity contribution < 1.29 is 9.94 Å². The number of nitrogens with zero attached hydrogens (tertiary/aromatic N) is 3. The Morgan fingerprint density at radius 3 is 3.05 bits per heavy atom. The lowest BCUT2D eigenvalue weighted by Gasteiger charge is -2.09. The second-order valence-corrected chi connectivity index (χ2v) is 5.52. The SMILES string of the molecule is COc1ccc(CSc2ncns2)cc1C(N)=NO. The van der Waals surface area contributed by atoms with Crippen LogP contribution in [0.15, 0.2) is 34.0 Å². The fraction of sp³-hybridized carbons (Fsp3) is 0.182. The molecule has 1 aromatic carbocycles. The van der Waals surface area contributed by atoms with E-state index in [4.69, 9.17) is 15.7 Å². The highest BCUT2D eigenvalue weighted by molar-refractivity contribution is 8.00. The van der Waals surface area contributed by atoms with Crippen molar-refractivity contribution >= 4 is 29.1 Å². The van der Waals surface area contributed by atoms with E-state index in [1.165, 1.54) is 17.9 Å². The van der Waals surface area contributed by atoms with E-state index in [9.17, 15) is 0 Å². The Hall–Kier alpha value is -1.80. The van der Waals surface area contributed by atoms with Crippen molar-refractivity contribution in [2.75, 3.05) is 7.11 Å². The number of nitrogens with two attached hydrogens (primary N) is 1. The summed E-state index contributed by atoms with van der Waals surface area (Å²) >= 11 is 2.94. The molecule has 6 nitrogen and oxygen atoms in total. The molecular weight excluding hydrogens is 284 g/mol.